The molecule has 4 heteroatoms. The lowest BCUT2D eigenvalue weighted by Gasteiger charge is -2.17. The van der Waals surface area contributed by atoms with E-state index in [1.165, 1.54) is 0 Å². The van der Waals surface area contributed by atoms with Gasteiger partial charge in [-0.15, -0.1) is 0 Å². The van der Waals surface area contributed by atoms with Gasteiger partial charge in [0.05, 0.1) is 11.8 Å². The molecule has 0 spiro atoms. The summed E-state index contributed by atoms with van der Waals surface area (Å²) in [5.41, 5.74) is 2.92. The molecule has 0 aliphatic rings. The minimum Gasteiger partial charge on any atom is -0.388 e. The molecule has 0 saturated heterocycles. The first-order valence-electron chi connectivity index (χ1n) is 7.61. The minimum atomic E-state index is -0.440. The maximum absolute atomic E-state index is 10.2. The van der Waals surface area contributed by atoms with Crippen molar-refractivity contribution in [2.75, 3.05) is 0 Å². The van der Waals surface area contributed by atoms with Crippen LogP contribution in [0.3, 0.4) is 0 Å². The smallest absolute Gasteiger partial charge is 0.137 e. The van der Waals surface area contributed by atoms with E-state index in [4.69, 9.17) is 0 Å². The second-order valence-electron chi connectivity index (χ2n) is 5.64. The zero-order valence-corrected chi connectivity index (χ0v) is 12.7. The van der Waals surface area contributed by atoms with Gasteiger partial charge in [-0.05, 0) is 31.0 Å². The highest BCUT2D eigenvalue weighted by Crippen LogP contribution is 2.17. The van der Waals surface area contributed by atoms with Crippen molar-refractivity contribution >= 4 is 5.65 Å². The van der Waals surface area contributed by atoms with Gasteiger partial charge in [0.1, 0.15) is 5.65 Å². The Morgan fingerprint density at radius 2 is 1.91 bits per heavy atom. The Kier molecular flexibility index (Phi) is 4.51. The number of fused-ring (bicyclic) bond motifs is 1. The number of nitrogens with zero attached hydrogens (tertiary/aromatic N) is 2. The summed E-state index contributed by atoms with van der Waals surface area (Å²) in [6.07, 6.45) is 4.26. The fourth-order valence-corrected chi connectivity index (χ4v) is 2.58. The summed E-state index contributed by atoms with van der Waals surface area (Å²) < 4.78 is 2.01. The third-order valence-electron chi connectivity index (χ3n) is 3.81. The molecule has 2 unspecified atom stereocenters. The van der Waals surface area contributed by atoms with Gasteiger partial charge in [-0.1, -0.05) is 36.4 Å². The van der Waals surface area contributed by atoms with Crippen LogP contribution in [0.1, 0.15) is 30.7 Å². The summed E-state index contributed by atoms with van der Waals surface area (Å²) in [6.45, 7) is 2.78. The largest absolute Gasteiger partial charge is 0.388 e. The van der Waals surface area contributed by atoms with Crippen molar-refractivity contribution in [1.82, 2.24) is 14.7 Å². The van der Waals surface area contributed by atoms with Crippen molar-refractivity contribution < 1.29 is 5.11 Å². The number of hydrogen-bond donors (Lipinski definition) is 2. The van der Waals surface area contributed by atoms with E-state index in [1.807, 2.05) is 65.3 Å². The van der Waals surface area contributed by atoms with E-state index in [0.29, 0.717) is 13.0 Å². The molecule has 0 amide bonds. The number of aliphatic hydroxyl groups is 1. The topological polar surface area (TPSA) is 49.6 Å². The molecule has 0 aliphatic heterocycles. The summed E-state index contributed by atoms with van der Waals surface area (Å²) >= 11 is 0. The number of aliphatic hydroxyl groups excluding tert-OH is 1. The van der Waals surface area contributed by atoms with Gasteiger partial charge in [-0.2, -0.15) is 0 Å². The van der Waals surface area contributed by atoms with Crippen LogP contribution in [-0.4, -0.2) is 20.5 Å². The van der Waals surface area contributed by atoms with E-state index in [2.05, 4.69) is 17.2 Å². The predicted octanol–water partition coefficient (Wildman–Crippen LogP) is 2.94. The van der Waals surface area contributed by atoms with Gasteiger partial charge in [0, 0.05) is 25.0 Å². The maximum atomic E-state index is 10.2. The molecule has 0 bridgehead atoms. The molecule has 0 fully saturated rings. The first-order chi connectivity index (χ1) is 10.7. The molecule has 2 aromatic heterocycles. The maximum Gasteiger partial charge on any atom is 0.137 e. The first-order valence-corrected chi connectivity index (χ1v) is 7.61. The van der Waals surface area contributed by atoms with Gasteiger partial charge in [-0.25, -0.2) is 4.98 Å². The summed E-state index contributed by atoms with van der Waals surface area (Å²) in [5, 5.41) is 13.7. The summed E-state index contributed by atoms with van der Waals surface area (Å²) in [6, 6.07) is 16.0. The number of rotatable bonds is 6. The summed E-state index contributed by atoms with van der Waals surface area (Å²) in [5.74, 6) is 0. The van der Waals surface area contributed by atoms with Crippen molar-refractivity contribution in [3.8, 4) is 0 Å². The van der Waals surface area contributed by atoms with Crippen LogP contribution in [0.4, 0.5) is 0 Å². The molecule has 4 nitrogen and oxygen atoms in total. The van der Waals surface area contributed by atoms with Crippen LogP contribution in [0.2, 0.25) is 0 Å². The second kappa shape index (κ2) is 6.73. The minimum absolute atomic E-state index is 0.208. The average Bonchev–Trinajstić information content (AvgIpc) is 2.96. The van der Waals surface area contributed by atoms with Crippen LogP contribution in [0.25, 0.3) is 5.65 Å². The van der Waals surface area contributed by atoms with Crippen molar-refractivity contribution in [1.29, 1.82) is 0 Å². The number of benzene rings is 1. The highest BCUT2D eigenvalue weighted by Gasteiger charge is 2.12. The Bertz CT molecular complexity index is 690. The first kappa shape index (κ1) is 14.8. The van der Waals surface area contributed by atoms with Crippen LogP contribution in [0, 0.1) is 0 Å². The molecule has 0 aliphatic carbocycles. The van der Waals surface area contributed by atoms with Gasteiger partial charge >= 0.3 is 0 Å². The Hall–Kier alpha value is -2.17. The lowest BCUT2D eigenvalue weighted by molar-refractivity contribution is 0.154. The third-order valence-corrected chi connectivity index (χ3v) is 3.81. The van der Waals surface area contributed by atoms with Crippen LogP contribution >= 0.6 is 0 Å². The second-order valence-corrected chi connectivity index (χ2v) is 5.64. The van der Waals surface area contributed by atoms with Crippen molar-refractivity contribution in [3.05, 3.63) is 72.2 Å². The number of nitrogens with one attached hydrogen (secondary N) is 1. The fraction of sp³-hybridized carbons (Fsp3) is 0.278. The predicted molar refractivity (Wildman–Crippen MR) is 87.5 cm³/mol. The number of imidazole rings is 1. The van der Waals surface area contributed by atoms with E-state index in [-0.39, 0.29) is 6.04 Å². The molecule has 0 saturated carbocycles. The van der Waals surface area contributed by atoms with E-state index in [0.717, 1.165) is 16.9 Å². The van der Waals surface area contributed by atoms with E-state index in [9.17, 15) is 5.11 Å². The molecule has 2 atom stereocenters. The van der Waals surface area contributed by atoms with Crippen molar-refractivity contribution in [2.24, 2.45) is 0 Å². The number of pyridine rings is 1. The molecule has 22 heavy (non-hydrogen) atoms. The fourth-order valence-electron chi connectivity index (χ4n) is 2.58. The summed E-state index contributed by atoms with van der Waals surface area (Å²) in [4.78, 5) is 4.56. The third kappa shape index (κ3) is 3.53. The SMILES string of the molecule is CC(CC(O)c1ccccc1)NCc1cn2ccccc2n1. The Balaban J connectivity index is 1.54. The average molecular weight is 295 g/mol. The van der Waals surface area contributed by atoms with Gasteiger partial charge in [0.2, 0.25) is 0 Å². The molecule has 2 N–H and O–H groups in total. The Morgan fingerprint density at radius 1 is 1.14 bits per heavy atom. The molecule has 3 rings (SSSR count). The van der Waals surface area contributed by atoms with Crippen LogP contribution in [-0.2, 0) is 6.54 Å². The molecule has 114 valence electrons. The molecule has 3 aromatic rings. The number of hydrogen-bond acceptors (Lipinski definition) is 3. The van der Waals surface area contributed by atoms with Crippen LogP contribution in [0.15, 0.2) is 60.9 Å². The van der Waals surface area contributed by atoms with Crippen molar-refractivity contribution in [2.45, 2.75) is 32.0 Å². The van der Waals surface area contributed by atoms with Crippen molar-refractivity contribution in [3.63, 3.8) is 0 Å². The lowest BCUT2D eigenvalue weighted by atomic mass is 10.0. The van der Waals surface area contributed by atoms with E-state index >= 15 is 0 Å². The zero-order valence-electron chi connectivity index (χ0n) is 12.7. The van der Waals surface area contributed by atoms with E-state index in [1.54, 1.807) is 0 Å². The standard InChI is InChI=1S/C18H21N3O/c1-14(11-17(22)15-7-3-2-4-8-15)19-12-16-13-21-10-6-5-9-18(21)20-16/h2-10,13-14,17,19,22H,11-12H2,1H3. The summed E-state index contributed by atoms with van der Waals surface area (Å²) in [7, 11) is 0. The van der Waals surface area contributed by atoms with Crippen LogP contribution < -0.4 is 5.32 Å². The highest BCUT2D eigenvalue weighted by molar-refractivity contribution is 5.39. The van der Waals surface area contributed by atoms with Gasteiger partial charge < -0.3 is 14.8 Å². The monoisotopic (exact) mass is 295 g/mol. The molecule has 2 heterocycles. The zero-order chi connectivity index (χ0) is 15.4. The highest BCUT2D eigenvalue weighted by atomic mass is 16.3. The lowest BCUT2D eigenvalue weighted by Crippen LogP contribution is -2.27. The molecular weight excluding hydrogens is 274 g/mol. The van der Waals surface area contributed by atoms with E-state index < -0.39 is 6.10 Å². The van der Waals surface area contributed by atoms with Gasteiger partial charge in [0.25, 0.3) is 0 Å². The Labute approximate surface area is 130 Å². The molecule has 1 aromatic carbocycles. The van der Waals surface area contributed by atoms with Crippen LogP contribution in [0.5, 0.6) is 0 Å². The van der Waals surface area contributed by atoms with Gasteiger partial charge in [0.15, 0.2) is 0 Å². The van der Waals surface area contributed by atoms with Gasteiger partial charge in [-0.3, -0.25) is 0 Å². The molecule has 0 radical (unpaired) electrons. The normalized spacial score (nSPS) is 14.1. The Morgan fingerprint density at radius 3 is 2.68 bits per heavy atom. The quantitative estimate of drug-likeness (QED) is 0.735. The number of aromatic nitrogens is 2. The molecular formula is C18H21N3O.